The Morgan fingerprint density at radius 3 is 2.66 bits per heavy atom. The maximum absolute atomic E-state index is 13.5. The molecule has 3 N–H and O–H groups in total. The van der Waals surface area contributed by atoms with E-state index in [4.69, 9.17) is 39.5 Å². The Kier molecular flexibility index (Phi) is 7.55. The van der Waals surface area contributed by atoms with Crippen LogP contribution in [0, 0.1) is 5.82 Å². The number of hydrogen-bond acceptors (Lipinski definition) is 5. The summed E-state index contributed by atoms with van der Waals surface area (Å²) in [6.07, 6.45) is 3.00. The maximum atomic E-state index is 13.5. The Labute approximate surface area is 214 Å². The summed E-state index contributed by atoms with van der Waals surface area (Å²) >= 11 is 18.0. The van der Waals surface area contributed by atoms with E-state index in [1.165, 1.54) is 25.5 Å². The van der Waals surface area contributed by atoms with E-state index >= 15 is 0 Å². The van der Waals surface area contributed by atoms with Gasteiger partial charge in [-0.3, -0.25) is 4.98 Å². The van der Waals surface area contributed by atoms with Gasteiger partial charge in [0, 0.05) is 34.6 Å². The number of carbonyl (C=O) groups excluding carboxylic acids is 1. The number of methoxy groups -OCH3 is 1. The molecule has 178 valence electrons. The summed E-state index contributed by atoms with van der Waals surface area (Å²) in [6.45, 7) is 0. The second kappa shape index (κ2) is 10.8. The van der Waals surface area contributed by atoms with E-state index in [9.17, 15) is 9.18 Å². The van der Waals surface area contributed by atoms with Gasteiger partial charge in [-0.05, 0) is 36.4 Å². The van der Waals surface area contributed by atoms with Gasteiger partial charge in [0.05, 0.1) is 39.6 Å². The zero-order valence-corrected chi connectivity index (χ0v) is 20.3. The van der Waals surface area contributed by atoms with Gasteiger partial charge in [0.1, 0.15) is 11.6 Å². The number of aromatic nitrogens is 1. The fraction of sp³-hybridized carbons (Fsp3) is 0.0417. The molecule has 0 saturated carbocycles. The molecule has 0 aliphatic carbocycles. The van der Waals surface area contributed by atoms with Crippen LogP contribution in [0.1, 0.15) is 5.56 Å². The molecule has 0 unspecified atom stereocenters. The van der Waals surface area contributed by atoms with Crippen LogP contribution in [-0.2, 0) is 0 Å². The number of halogens is 4. The highest BCUT2D eigenvalue weighted by Crippen LogP contribution is 2.34. The highest BCUT2D eigenvalue weighted by molar-refractivity contribution is 6.43. The number of nitrogens with one attached hydrogen (secondary N) is 3. The van der Waals surface area contributed by atoms with Crippen LogP contribution in [-0.4, -0.2) is 24.3 Å². The molecule has 0 aliphatic heterocycles. The van der Waals surface area contributed by atoms with Gasteiger partial charge in [-0.1, -0.05) is 46.9 Å². The van der Waals surface area contributed by atoms with Crippen LogP contribution in [0.25, 0.3) is 10.9 Å². The number of anilines is 3. The number of pyridine rings is 1. The van der Waals surface area contributed by atoms with Gasteiger partial charge in [0.15, 0.2) is 0 Å². The predicted molar refractivity (Wildman–Crippen MR) is 139 cm³/mol. The van der Waals surface area contributed by atoms with Crippen molar-refractivity contribution in [1.82, 2.24) is 10.4 Å². The first kappa shape index (κ1) is 24.5. The van der Waals surface area contributed by atoms with Crippen molar-refractivity contribution in [3.05, 3.63) is 87.2 Å². The molecular formula is C24H17Cl3FN5O2. The average Bonchev–Trinajstić information content (AvgIpc) is 2.84. The first-order valence-electron chi connectivity index (χ1n) is 10.1. The lowest BCUT2D eigenvalue weighted by molar-refractivity contribution is 0.252. The average molecular weight is 533 g/mol. The smallest absolute Gasteiger partial charge is 0.339 e. The fourth-order valence-corrected chi connectivity index (χ4v) is 3.75. The van der Waals surface area contributed by atoms with Crippen molar-refractivity contribution >= 4 is 75.0 Å². The molecule has 0 spiro atoms. The lowest BCUT2D eigenvalue weighted by Gasteiger charge is -2.14. The van der Waals surface area contributed by atoms with E-state index in [0.29, 0.717) is 49.3 Å². The van der Waals surface area contributed by atoms with Crippen molar-refractivity contribution in [2.45, 2.75) is 0 Å². The Bertz CT molecular complexity index is 1450. The maximum Gasteiger partial charge on any atom is 0.339 e. The molecule has 0 atom stereocenters. The summed E-state index contributed by atoms with van der Waals surface area (Å²) in [5.41, 5.74) is 5.15. The van der Waals surface area contributed by atoms with Gasteiger partial charge in [-0.25, -0.2) is 14.6 Å². The van der Waals surface area contributed by atoms with E-state index in [2.05, 4.69) is 26.1 Å². The molecular weight excluding hydrogens is 516 g/mol. The molecule has 3 aromatic carbocycles. The van der Waals surface area contributed by atoms with Gasteiger partial charge in [0.25, 0.3) is 0 Å². The highest BCUT2D eigenvalue weighted by atomic mass is 35.5. The monoisotopic (exact) mass is 531 g/mol. The zero-order valence-electron chi connectivity index (χ0n) is 18.1. The van der Waals surface area contributed by atoms with Gasteiger partial charge in [-0.15, -0.1) is 0 Å². The molecule has 7 nitrogen and oxygen atoms in total. The standard InChI is InChI=1S/C24H17Cl3FN5O2/c1-35-22-11-20-15(19(7-8-29-20)31-14-5-6-18(28)17(26)9-14)10-21(22)32-24(34)33-30-12-13-3-2-4-16(25)23(13)27/h2-12H,1H3,(H,29,31)(H2,32,33,34)/b30-12+. The van der Waals surface area contributed by atoms with Crippen LogP contribution in [0.3, 0.4) is 0 Å². The zero-order chi connectivity index (χ0) is 24.9. The second-order valence-electron chi connectivity index (χ2n) is 7.15. The van der Waals surface area contributed by atoms with Crippen molar-refractivity contribution in [3.8, 4) is 5.75 Å². The molecule has 11 heteroatoms. The number of rotatable bonds is 6. The number of amides is 2. The molecule has 4 rings (SSSR count). The predicted octanol–water partition coefficient (Wildman–Crippen LogP) is 7.24. The third-order valence-electron chi connectivity index (χ3n) is 4.86. The van der Waals surface area contributed by atoms with Crippen molar-refractivity contribution in [2.24, 2.45) is 5.10 Å². The van der Waals surface area contributed by atoms with E-state index in [-0.39, 0.29) is 5.02 Å². The first-order chi connectivity index (χ1) is 16.9. The number of hydrazone groups is 1. The Hall–Kier alpha value is -3.59. The van der Waals surface area contributed by atoms with Gasteiger partial charge in [0.2, 0.25) is 0 Å². The number of hydrogen-bond donors (Lipinski definition) is 3. The molecule has 35 heavy (non-hydrogen) atoms. The quantitative estimate of drug-likeness (QED) is 0.180. The van der Waals surface area contributed by atoms with Gasteiger partial charge in [-0.2, -0.15) is 5.10 Å². The van der Waals surface area contributed by atoms with Crippen LogP contribution >= 0.6 is 34.8 Å². The van der Waals surface area contributed by atoms with Crippen LogP contribution in [0.4, 0.5) is 26.2 Å². The number of benzene rings is 3. The van der Waals surface area contributed by atoms with Gasteiger partial charge < -0.3 is 15.4 Å². The molecule has 0 aliphatic rings. The molecule has 1 heterocycles. The van der Waals surface area contributed by atoms with Crippen LogP contribution in [0.2, 0.25) is 15.1 Å². The Balaban J connectivity index is 1.57. The fourth-order valence-electron chi connectivity index (χ4n) is 3.21. The number of fused-ring (bicyclic) bond motifs is 1. The van der Waals surface area contributed by atoms with Crippen LogP contribution in [0.15, 0.2) is 65.9 Å². The molecule has 0 saturated heterocycles. The third kappa shape index (κ3) is 5.74. The van der Waals surface area contributed by atoms with Crippen LogP contribution in [0.5, 0.6) is 5.75 Å². The van der Waals surface area contributed by atoms with Crippen LogP contribution < -0.4 is 20.8 Å². The van der Waals surface area contributed by atoms with E-state index in [1.54, 1.807) is 48.7 Å². The van der Waals surface area contributed by atoms with Crippen molar-refractivity contribution < 1.29 is 13.9 Å². The molecule has 0 bridgehead atoms. The minimum Gasteiger partial charge on any atom is -0.494 e. The van der Waals surface area contributed by atoms with Crippen molar-refractivity contribution in [1.29, 1.82) is 0 Å². The second-order valence-corrected chi connectivity index (χ2v) is 8.34. The van der Waals surface area contributed by atoms with Gasteiger partial charge >= 0.3 is 6.03 Å². The lowest BCUT2D eigenvalue weighted by Crippen LogP contribution is -2.24. The molecule has 0 fully saturated rings. The summed E-state index contributed by atoms with van der Waals surface area (Å²) in [5, 5.41) is 11.2. The molecule has 1 aromatic heterocycles. The number of nitrogens with zero attached hydrogens (tertiary/aromatic N) is 2. The largest absolute Gasteiger partial charge is 0.494 e. The van der Waals surface area contributed by atoms with Crippen molar-refractivity contribution in [3.63, 3.8) is 0 Å². The Morgan fingerprint density at radius 2 is 1.89 bits per heavy atom. The SMILES string of the molecule is COc1cc2nccc(Nc3ccc(F)c(Cl)c3)c2cc1NC(=O)N/N=C/c1cccc(Cl)c1Cl. The summed E-state index contributed by atoms with van der Waals surface area (Å²) in [7, 11) is 1.48. The van der Waals surface area contributed by atoms with E-state index in [1.807, 2.05) is 0 Å². The molecule has 4 aromatic rings. The third-order valence-corrected chi connectivity index (χ3v) is 5.98. The molecule has 2 amide bonds. The number of urea groups is 1. The summed E-state index contributed by atoms with van der Waals surface area (Å²) in [5.74, 6) is -0.122. The highest BCUT2D eigenvalue weighted by Gasteiger charge is 2.13. The first-order valence-corrected chi connectivity index (χ1v) is 11.2. The lowest BCUT2D eigenvalue weighted by atomic mass is 10.1. The normalized spacial score (nSPS) is 11.0. The van der Waals surface area contributed by atoms with E-state index in [0.717, 1.165) is 0 Å². The Morgan fingerprint density at radius 1 is 1.06 bits per heavy atom. The summed E-state index contributed by atoms with van der Waals surface area (Å²) in [6, 6.07) is 13.9. The summed E-state index contributed by atoms with van der Waals surface area (Å²) in [4.78, 5) is 16.8. The number of ether oxygens (including phenoxy) is 1. The topological polar surface area (TPSA) is 87.6 Å². The minimum atomic E-state index is -0.610. The summed E-state index contributed by atoms with van der Waals surface area (Å²) < 4.78 is 18.9. The van der Waals surface area contributed by atoms with Crippen molar-refractivity contribution in [2.75, 3.05) is 17.7 Å². The number of carbonyl (C=O) groups is 1. The molecule has 0 radical (unpaired) electrons. The van der Waals surface area contributed by atoms with E-state index < -0.39 is 11.8 Å². The minimum absolute atomic E-state index is 0.00586.